The number of rotatable bonds is 6. The van der Waals surface area contributed by atoms with Gasteiger partial charge in [-0.1, -0.05) is 6.92 Å². The van der Waals surface area contributed by atoms with Crippen LogP contribution in [0.15, 0.2) is 12.5 Å². The predicted molar refractivity (Wildman–Crippen MR) is 67.3 cm³/mol. The Labute approximate surface area is 98.5 Å². The van der Waals surface area contributed by atoms with Gasteiger partial charge in [-0.25, -0.2) is 4.98 Å². The quantitative estimate of drug-likeness (QED) is 0.801. The number of imidazole rings is 1. The van der Waals surface area contributed by atoms with Crippen LogP contribution in [0.25, 0.3) is 0 Å². The lowest BCUT2D eigenvalue weighted by atomic mass is 10.1. The van der Waals surface area contributed by atoms with Crippen LogP contribution in [0, 0.1) is 0 Å². The minimum absolute atomic E-state index is 0.101. The van der Waals surface area contributed by atoms with Crippen LogP contribution in [0.3, 0.4) is 0 Å². The van der Waals surface area contributed by atoms with Crippen LogP contribution < -0.4 is 5.73 Å². The van der Waals surface area contributed by atoms with Crippen LogP contribution in [0.1, 0.15) is 44.5 Å². The van der Waals surface area contributed by atoms with Gasteiger partial charge >= 0.3 is 0 Å². The summed E-state index contributed by atoms with van der Waals surface area (Å²) in [6, 6.07) is 0.557. The Balaban J connectivity index is 2.67. The lowest BCUT2D eigenvalue weighted by Crippen LogP contribution is -2.20. The highest BCUT2D eigenvalue weighted by Gasteiger charge is 2.13. The largest absolute Gasteiger partial charge is 0.330 e. The molecular formula is C12H24N4. The third-order valence-corrected chi connectivity index (χ3v) is 2.98. The first-order valence-electron chi connectivity index (χ1n) is 5.98. The van der Waals surface area contributed by atoms with Gasteiger partial charge in [0.2, 0.25) is 0 Å². The molecule has 2 N–H and O–H groups in total. The minimum Gasteiger partial charge on any atom is -0.330 e. The molecule has 1 rings (SSSR count). The van der Waals surface area contributed by atoms with Crippen LogP contribution in [-0.4, -0.2) is 35.1 Å². The summed E-state index contributed by atoms with van der Waals surface area (Å²) in [5, 5.41) is 0. The number of hydrogen-bond donors (Lipinski definition) is 1. The summed E-state index contributed by atoms with van der Waals surface area (Å²) in [6.07, 6.45) is 5.85. The second-order valence-corrected chi connectivity index (χ2v) is 4.68. The van der Waals surface area contributed by atoms with E-state index in [4.69, 9.17) is 5.73 Å². The van der Waals surface area contributed by atoms with Gasteiger partial charge in [-0.3, -0.25) is 0 Å². The average Bonchev–Trinajstić information content (AvgIpc) is 2.73. The minimum atomic E-state index is 0.101. The van der Waals surface area contributed by atoms with Crippen LogP contribution in [0.5, 0.6) is 0 Å². The third-order valence-electron chi connectivity index (χ3n) is 2.98. The molecule has 0 aliphatic rings. The summed E-state index contributed by atoms with van der Waals surface area (Å²) in [5.41, 5.74) is 7.21. The van der Waals surface area contributed by atoms with E-state index in [9.17, 15) is 0 Å². The zero-order valence-corrected chi connectivity index (χ0v) is 10.8. The molecule has 1 unspecified atom stereocenters. The number of nitrogens with zero attached hydrogens (tertiary/aromatic N) is 3. The van der Waals surface area contributed by atoms with Gasteiger partial charge in [-0.2, -0.15) is 0 Å². The van der Waals surface area contributed by atoms with Gasteiger partial charge in [-0.15, -0.1) is 0 Å². The molecule has 16 heavy (non-hydrogen) atoms. The van der Waals surface area contributed by atoms with Crippen molar-refractivity contribution in [1.82, 2.24) is 14.5 Å². The van der Waals surface area contributed by atoms with Crippen molar-refractivity contribution in [3.05, 3.63) is 18.2 Å². The van der Waals surface area contributed by atoms with Crippen LogP contribution in [0.2, 0.25) is 0 Å². The number of hydrogen-bond acceptors (Lipinski definition) is 3. The highest BCUT2D eigenvalue weighted by Crippen LogP contribution is 2.19. The molecule has 92 valence electrons. The van der Waals surface area contributed by atoms with Crippen molar-refractivity contribution in [2.24, 2.45) is 5.73 Å². The molecule has 2 atom stereocenters. The zero-order valence-electron chi connectivity index (χ0n) is 10.8. The lowest BCUT2D eigenvalue weighted by molar-refractivity contribution is 0.352. The highest BCUT2D eigenvalue weighted by molar-refractivity contribution is 5.05. The molecule has 0 spiro atoms. The van der Waals surface area contributed by atoms with Crippen molar-refractivity contribution in [3.8, 4) is 0 Å². The third kappa shape index (κ3) is 3.32. The summed E-state index contributed by atoms with van der Waals surface area (Å²) < 4.78 is 2.21. The van der Waals surface area contributed by atoms with E-state index in [1.54, 1.807) is 0 Å². The molecule has 0 radical (unpaired) electrons. The summed E-state index contributed by atoms with van der Waals surface area (Å²) in [6.45, 7) is 5.41. The average molecular weight is 224 g/mol. The van der Waals surface area contributed by atoms with Gasteiger partial charge in [0.15, 0.2) is 0 Å². The Hall–Kier alpha value is -0.870. The summed E-state index contributed by atoms with van der Waals surface area (Å²) in [5.74, 6) is 0. The Morgan fingerprint density at radius 1 is 1.50 bits per heavy atom. The Morgan fingerprint density at radius 2 is 2.19 bits per heavy atom. The molecule has 0 bridgehead atoms. The fraction of sp³-hybridized carbons (Fsp3) is 0.750. The lowest BCUT2D eigenvalue weighted by Gasteiger charge is -2.20. The fourth-order valence-corrected chi connectivity index (χ4v) is 1.76. The van der Waals surface area contributed by atoms with Gasteiger partial charge in [0, 0.05) is 18.3 Å². The van der Waals surface area contributed by atoms with Crippen molar-refractivity contribution >= 4 is 0 Å². The smallest absolute Gasteiger partial charge is 0.0951 e. The van der Waals surface area contributed by atoms with Crippen molar-refractivity contribution < 1.29 is 0 Å². The molecule has 0 aliphatic carbocycles. The molecule has 0 saturated carbocycles. The monoisotopic (exact) mass is 224 g/mol. The first-order valence-corrected chi connectivity index (χ1v) is 5.98. The van der Waals surface area contributed by atoms with E-state index in [0.717, 1.165) is 25.1 Å². The summed E-state index contributed by atoms with van der Waals surface area (Å²) in [7, 11) is 4.19. The first-order chi connectivity index (χ1) is 7.56. The van der Waals surface area contributed by atoms with E-state index in [2.05, 4.69) is 42.4 Å². The molecule has 1 heterocycles. The maximum Gasteiger partial charge on any atom is 0.0951 e. The molecular weight excluding hydrogens is 200 g/mol. The van der Waals surface area contributed by atoms with Gasteiger partial charge in [0.1, 0.15) is 0 Å². The van der Waals surface area contributed by atoms with Crippen molar-refractivity contribution in [3.63, 3.8) is 0 Å². The van der Waals surface area contributed by atoms with Crippen molar-refractivity contribution in [2.75, 3.05) is 20.6 Å². The predicted octanol–water partition coefficient (Wildman–Crippen LogP) is 1.81. The molecule has 0 saturated heterocycles. The molecule has 0 fully saturated rings. The van der Waals surface area contributed by atoms with Crippen LogP contribution in [-0.2, 0) is 0 Å². The van der Waals surface area contributed by atoms with E-state index in [0.29, 0.717) is 6.04 Å². The van der Waals surface area contributed by atoms with Gasteiger partial charge < -0.3 is 15.2 Å². The standard InChI is InChI=1S/C12H24N4/c1-5-11(13)12-8-14-9-16(12)10(2)6-7-15(3)4/h8-11H,5-7,13H2,1-4H3/t10?,11-/m1/s1. The van der Waals surface area contributed by atoms with Crippen molar-refractivity contribution in [2.45, 2.75) is 38.8 Å². The number of nitrogens with two attached hydrogens (primary N) is 1. The molecule has 1 aromatic rings. The maximum absolute atomic E-state index is 6.06. The second kappa shape index (κ2) is 6.01. The SMILES string of the molecule is CC[C@@H](N)c1cncn1C(C)CCN(C)C. The van der Waals surface area contributed by atoms with Crippen LogP contribution >= 0.6 is 0 Å². The first kappa shape index (κ1) is 13.2. The van der Waals surface area contributed by atoms with E-state index in [1.807, 2.05) is 12.5 Å². The number of aromatic nitrogens is 2. The zero-order chi connectivity index (χ0) is 12.1. The summed E-state index contributed by atoms with van der Waals surface area (Å²) >= 11 is 0. The van der Waals surface area contributed by atoms with E-state index in [1.165, 1.54) is 0 Å². The molecule has 4 heteroatoms. The van der Waals surface area contributed by atoms with E-state index in [-0.39, 0.29) is 6.04 Å². The maximum atomic E-state index is 6.06. The Bertz CT molecular complexity index is 306. The van der Waals surface area contributed by atoms with E-state index < -0.39 is 0 Å². The molecule has 0 aromatic carbocycles. The molecule has 0 aliphatic heterocycles. The van der Waals surface area contributed by atoms with Gasteiger partial charge in [0.25, 0.3) is 0 Å². The molecule has 1 aromatic heterocycles. The van der Waals surface area contributed by atoms with Gasteiger partial charge in [0.05, 0.1) is 12.0 Å². The summed E-state index contributed by atoms with van der Waals surface area (Å²) in [4.78, 5) is 6.41. The molecule has 4 nitrogen and oxygen atoms in total. The Kier molecular flexibility index (Phi) is 4.96. The normalized spacial score (nSPS) is 15.4. The van der Waals surface area contributed by atoms with E-state index >= 15 is 0 Å². The van der Waals surface area contributed by atoms with Gasteiger partial charge in [-0.05, 0) is 40.4 Å². The van der Waals surface area contributed by atoms with Crippen LogP contribution in [0.4, 0.5) is 0 Å². The van der Waals surface area contributed by atoms with Crippen molar-refractivity contribution in [1.29, 1.82) is 0 Å². The molecule has 0 amide bonds. The fourth-order valence-electron chi connectivity index (χ4n) is 1.76. The second-order valence-electron chi connectivity index (χ2n) is 4.68. The Morgan fingerprint density at radius 3 is 2.75 bits per heavy atom. The topological polar surface area (TPSA) is 47.1 Å². The highest BCUT2D eigenvalue weighted by atomic mass is 15.1.